The molecule has 0 unspecified atom stereocenters. The van der Waals surface area contributed by atoms with Crippen molar-refractivity contribution in [3.8, 4) is 0 Å². The van der Waals surface area contributed by atoms with Crippen molar-refractivity contribution >= 4 is 11.5 Å². The van der Waals surface area contributed by atoms with Gasteiger partial charge in [0.25, 0.3) is 5.91 Å². The van der Waals surface area contributed by atoms with Gasteiger partial charge >= 0.3 is 0 Å². The average molecular weight is 254 g/mol. The number of nitrogens with zero attached hydrogens (tertiary/aromatic N) is 2. The van der Waals surface area contributed by atoms with Crippen molar-refractivity contribution in [3.05, 3.63) is 59.5 Å². The zero-order valence-electron chi connectivity index (χ0n) is 11.6. The summed E-state index contributed by atoms with van der Waals surface area (Å²) in [5.74, 6) is 0.0117. The highest BCUT2D eigenvalue weighted by atomic mass is 16.2. The molecule has 0 fully saturated rings. The maximum atomic E-state index is 12.1. The SMILES string of the molecule is Cc1cccnc1C1=CC(C(=O)N(C)C)=CC=CC1. The molecule has 3 heteroatoms. The van der Waals surface area contributed by atoms with Gasteiger partial charge in [0.2, 0.25) is 0 Å². The van der Waals surface area contributed by atoms with Gasteiger partial charge in [0, 0.05) is 25.9 Å². The third kappa shape index (κ3) is 2.99. The molecule has 0 atom stereocenters. The minimum atomic E-state index is 0.0117. The first kappa shape index (κ1) is 13.3. The third-order valence-electron chi connectivity index (χ3n) is 3.05. The molecule has 0 saturated heterocycles. The van der Waals surface area contributed by atoms with Crippen LogP contribution in [0.3, 0.4) is 0 Å². The van der Waals surface area contributed by atoms with Crippen LogP contribution in [0.25, 0.3) is 5.57 Å². The number of hydrogen-bond donors (Lipinski definition) is 0. The topological polar surface area (TPSA) is 33.2 Å². The summed E-state index contributed by atoms with van der Waals surface area (Å²) in [4.78, 5) is 18.1. The molecule has 2 rings (SSSR count). The minimum absolute atomic E-state index is 0.0117. The Morgan fingerprint density at radius 2 is 2.16 bits per heavy atom. The number of aromatic nitrogens is 1. The van der Waals surface area contributed by atoms with Gasteiger partial charge in [0.05, 0.1) is 5.69 Å². The van der Waals surface area contributed by atoms with E-state index in [9.17, 15) is 4.79 Å². The Hall–Kier alpha value is -2.16. The summed E-state index contributed by atoms with van der Waals surface area (Å²) in [6, 6.07) is 3.96. The number of rotatable bonds is 2. The highest BCUT2D eigenvalue weighted by Gasteiger charge is 2.13. The molecule has 1 aliphatic carbocycles. The van der Waals surface area contributed by atoms with Crippen molar-refractivity contribution in [2.24, 2.45) is 0 Å². The largest absolute Gasteiger partial charge is 0.345 e. The van der Waals surface area contributed by atoms with E-state index in [1.807, 2.05) is 37.3 Å². The van der Waals surface area contributed by atoms with Crippen LogP contribution in [0, 0.1) is 6.92 Å². The number of pyridine rings is 1. The van der Waals surface area contributed by atoms with Crippen molar-refractivity contribution in [1.82, 2.24) is 9.88 Å². The van der Waals surface area contributed by atoms with Crippen LogP contribution in [0.2, 0.25) is 0 Å². The van der Waals surface area contributed by atoms with E-state index >= 15 is 0 Å². The predicted octanol–water partition coefficient (Wildman–Crippen LogP) is 2.75. The lowest BCUT2D eigenvalue weighted by Crippen LogP contribution is -2.22. The number of carbonyl (C=O) groups is 1. The molecule has 0 aliphatic heterocycles. The van der Waals surface area contributed by atoms with E-state index < -0.39 is 0 Å². The van der Waals surface area contributed by atoms with Gasteiger partial charge in [0.15, 0.2) is 0 Å². The second kappa shape index (κ2) is 5.65. The Bertz CT molecular complexity index is 580. The van der Waals surface area contributed by atoms with Gasteiger partial charge < -0.3 is 4.90 Å². The van der Waals surface area contributed by atoms with E-state index in [-0.39, 0.29) is 5.91 Å². The van der Waals surface area contributed by atoms with Crippen LogP contribution in [0.5, 0.6) is 0 Å². The fourth-order valence-corrected chi connectivity index (χ4v) is 2.04. The van der Waals surface area contributed by atoms with E-state index in [1.165, 1.54) is 0 Å². The molecule has 19 heavy (non-hydrogen) atoms. The van der Waals surface area contributed by atoms with Crippen molar-refractivity contribution in [2.45, 2.75) is 13.3 Å². The van der Waals surface area contributed by atoms with Crippen molar-refractivity contribution in [1.29, 1.82) is 0 Å². The van der Waals surface area contributed by atoms with Crippen LogP contribution >= 0.6 is 0 Å². The Kier molecular flexibility index (Phi) is 3.95. The van der Waals surface area contributed by atoms with Crippen molar-refractivity contribution in [3.63, 3.8) is 0 Å². The number of hydrogen-bond acceptors (Lipinski definition) is 2. The molecule has 0 spiro atoms. The quantitative estimate of drug-likeness (QED) is 0.813. The number of amides is 1. The summed E-state index contributed by atoms with van der Waals surface area (Å²) in [5.41, 5.74) is 3.86. The zero-order valence-corrected chi connectivity index (χ0v) is 11.6. The molecular formula is C16H18N2O. The van der Waals surface area contributed by atoms with Gasteiger partial charge in [-0.25, -0.2) is 0 Å². The Morgan fingerprint density at radius 3 is 2.84 bits per heavy atom. The van der Waals surface area contributed by atoms with Crippen LogP contribution in [0.1, 0.15) is 17.7 Å². The summed E-state index contributed by atoms with van der Waals surface area (Å²) < 4.78 is 0. The van der Waals surface area contributed by atoms with Gasteiger partial charge in [-0.3, -0.25) is 9.78 Å². The van der Waals surface area contributed by atoms with E-state index in [4.69, 9.17) is 0 Å². The predicted molar refractivity (Wildman–Crippen MR) is 77.5 cm³/mol. The molecule has 0 saturated carbocycles. The molecule has 1 amide bonds. The van der Waals surface area contributed by atoms with E-state index in [0.29, 0.717) is 5.57 Å². The van der Waals surface area contributed by atoms with Gasteiger partial charge in [0.1, 0.15) is 0 Å². The average Bonchev–Trinajstić information content (AvgIpc) is 2.64. The fourth-order valence-electron chi connectivity index (χ4n) is 2.04. The summed E-state index contributed by atoms with van der Waals surface area (Å²) in [7, 11) is 3.52. The van der Waals surface area contributed by atoms with E-state index in [2.05, 4.69) is 11.1 Å². The summed E-state index contributed by atoms with van der Waals surface area (Å²) in [6.45, 7) is 2.04. The lowest BCUT2D eigenvalue weighted by atomic mass is 10.0. The smallest absolute Gasteiger partial charge is 0.253 e. The minimum Gasteiger partial charge on any atom is -0.345 e. The lowest BCUT2D eigenvalue weighted by molar-refractivity contribution is -0.124. The first-order chi connectivity index (χ1) is 9.09. The summed E-state index contributed by atoms with van der Waals surface area (Å²) in [5, 5.41) is 0. The molecule has 0 N–H and O–H groups in total. The molecule has 0 aromatic carbocycles. The highest BCUT2D eigenvalue weighted by molar-refractivity contribution is 5.98. The van der Waals surface area contributed by atoms with Gasteiger partial charge in [-0.1, -0.05) is 18.2 Å². The van der Waals surface area contributed by atoms with Crippen LogP contribution in [-0.4, -0.2) is 29.9 Å². The molecule has 3 nitrogen and oxygen atoms in total. The molecule has 1 aromatic heterocycles. The van der Waals surface area contributed by atoms with Crippen LogP contribution < -0.4 is 0 Å². The number of allylic oxidation sites excluding steroid dienone is 4. The van der Waals surface area contributed by atoms with E-state index in [0.717, 1.165) is 23.3 Å². The molecule has 1 aromatic rings. The highest BCUT2D eigenvalue weighted by Crippen LogP contribution is 2.24. The van der Waals surface area contributed by atoms with E-state index in [1.54, 1.807) is 25.2 Å². The Morgan fingerprint density at radius 1 is 1.37 bits per heavy atom. The molecule has 0 radical (unpaired) electrons. The Balaban J connectivity index is 2.42. The standard InChI is InChI=1S/C16H18N2O/c1-12-7-6-10-17-15(12)13-8-4-5-9-14(11-13)16(19)18(2)3/h4-7,9-11H,8H2,1-3H3. The van der Waals surface area contributed by atoms with Crippen molar-refractivity contribution < 1.29 is 4.79 Å². The van der Waals surface area contributed by atoms with Gasteiger partial charge in [-0.2, -0.15) is 0 Å². The fraction of sp³-hybridized carbons (Fsp3) is 0.250. The van der Waals surface area contributed by atoms with Gasteiger partial charge in [-0.15, -0.1) is 0 Å². The normalized spacial score (nSPS) is 14.5. The number of aryl methyl sites for hydroxylation is 1. The number of carbonyl (C=O) groups excluding carboxylic acids is 1. The van der Waals surface area contributed by atoms with Gasteiger partial charge in [-0.05, 0) is 42.7 Å². The summed E-state index contributed by atoms with van der Waals surface area (Å²) in [6.07, 6.45) is 10.4. The van der Waals surface area contributed by atoms with Crippen LogP contribution in [-0.2, 0) is 4.79 Å². The zero-order chi connectivity index (χ0) is 13.8. The second-order valence-corrected chi connectivity index (χ2v) is 4.79. The molecule has 0 bridgehead atoms. The maximum Gasteiger partial charge on any atom is 0.253 e. The maximum absolute atomic E-state index is 12.1. The second-order valence-electron chi connectivity index (χ2n) is 4.79. The number of likely N-dealkylation sites (N-methyl/N-ethyl adjacent to an activating group) is 1. The van der Waals surface area contributed by atoms with Crippen LogP contribution in [0.4, 0.5) is 0 Å². The van der Waals surface area contributed by atoms with Crippen molar-refractivity contribution in [2.75, 3.05) is 14.1 Å². The monoisotopic (exact) mass is 254 g/mol. The first-order valence-electron chi connectivity index (χ1n) is 6.30. The Labute approximate surface area is 114 Å². The molecule has 98 valence electrons. The third-order valence-corrected chi connectivity index (χ3v) is 3.05. The molecule has 1 heterocycles. The summed E-state index contributed by atoms with van der Waals surface area (Å²) >= 11 is 0. The lowest BCUT2D eigenvalue weighted by Gasteiger charge is -2.12. The molecular weight excluding hydrogens is 236 g/mol. The first-order valence-corrected chi connectivity index (χ1v) is 6.30. The van der Waals surface area contributed by atoms with Crippen LogP contribution in [0.15, 0.2) is 48.2 Å². The molecule has 1 aliphatic rings.